The van der Waals surface area contributed by atoms with Crippen molar-refractivity contribution in [1.29, 1.82) is 0 Å². The molecule has 19 heavy (non-hydrogen) atoms. The zero-order chi connectivity index (χ0) is 13.7. The van der Waals surface area contributed by atoms with Gasteiger partial charge in [0.15, 0.2) is 0 Å². The van der Waals surface area contributed by atoms with Gasteiger partial charge in [0.05, 0.1) is 0 Å². The summed E-state index contributed by atoms with van der Waals surface area (Å²) in [5, 5.41) is 6.56. The number of hydrogen-bond donors (Lipinski definition) is 2. The fourth-order valence-corrected chi connectivity index (χ4v) is 1.89. The minimum Gasteiger partial charge on any atom is -0.322 e. The Morgan fingerprint density at radius 2 is 1.89 bits per heavy atom. The summed E-state index contributed by atoms with van der Waals surface area (Å²) in [6.07, 6.45) is 0. The van der Waals surface area contributed by atoms with Gasteiger partial charge in [-0.15, -0.1) is 0 Å². The van der Waals surface area contributed by atoms with E-state index in [0.717, 1.165) is 17.8 Å². The Kier molecular flexibility index (Phi) is 4.55. The van der Waals surface area contributed by atoms with Crippen LogP contribution in [0.3, 0.4) is 0 Å². The number of nitrogens with one attached hydrogen (secondary N) is 2. The lowest BCUT2D eigenvalue weighted by Crippen LogP contribution is -2.12. The summed E-state index contributed by atoms with van der Waals surface area (Å²) in [5.74, 6) is -0.140. The van der Waals surface area contributed by atoms with Crippen molar-refractivity contribution in [2.75, 3.05) is 12.4 Å². The molecule has 0 bridgehead atoms. The molecular formula is C15H15ClN2O. The fourth-order valence-electron chi connectivity index (χ4n) is 1.77. The van der Waals surface area contributed by atoms with Crippen LogP contribution in [0.15, 0.2) is 48.5 Å². The summed E-state index contributed by atoms with van der Waals surface area (Å²) < 4.78 is 0. The van der Waals surface area contributed by atoms with Gasteiger partial charge in [-0.05, 0) is 49.0 Å². The monoisotopic (exact) mass is 274 g/mol. The maximum absolute atomic E-state index is 12.0. The minimum absolute atomic E-state index is 0.140. The van der Waals surface area contributed by atoms with Crippen molar-refractivity contribution in [2.24, 2.45) is 0 Å². The molecule has 2 rings (SSSR count). The number of rotatable bonds is 4. The van der Waals surface area contributed by atoms with Crippen LogP contribution in [0, 0.1) is 0 Å². The maximum atomic E-state index is 12.0. The molecule has 98 valence electrons. The fraction of sp³-hybridized carbons (Fsp3) is 0.133. The molecule has 0 aliphatic heterocycles. The van der Waals surface area contributed by atoms with Gasteiger partial charge in [-0.2, -0.15) is 0 Å². The summed E-state index contributed by atoms with van der Waals surface area (Å²) in [6, 6.07) is 14.6. The highest BCUT2D eigenvalue weighted by atomic mass is 35.5. The van der Waals surface area contributed by atoms with Crippen molar-refractivity contribution in [1.82, 2.24) is 5.32 Å². The van der Waals surface area contributed by atoms with Crippen LogP contribution in [0.1, 0.15) is 15.9 Å². The summed E-state index contributed by atoms with van der Waals surface area (Å²) >= 11 is 5.79. The maximum Gasteiger partial charge on any atom is 0.255 e. The van der Waals surface area contributed by atoms with Gasteiger partial charge in [-0.25, -0.2) is 0 Å². The molecule has 3 nitrogen and oxygen atoms in total. The Hall–Kier alpha value is -1.84. The first-order valence-electron chi connectivity index (χ1n) is 5.99. The largest absolute Gasteiger partial charge is 0.322 e. The molecular weight excluding hydrogens is 260 g/mol. The topological polar surface area (TPSA) is 41.1 Å². The average Bonchev–Trinajstić information content (AvgIpc) is 2.40. The van der Waals surface area contributed by atoms with Gasteiger partial charge >= 0.3 is 0 Å². The third-order valence-electron chi connectivity index (χ3n) is 2.67. The molecule has 1 amide bonds. The van der Waals surface area contributed by atoms with Crippen LogP contribution in [-0.2, 0) is 6.54 Å². The number of carbonyl (C=O) groups is 1. The summed E-state index contributed by atoms with van der Waals surface area (Å²) in [4.78, 5) is 12.0. The highest BCUT2D eigenvalue weighted by Gasteiger charge is 2.05. The first-order chi connectivity index (χ1) is 9.19. The third-order valence-corrected chi connectivity index (χ3v) is 2.92. The first kappa shape index (κ1) is 13.6. The van der Waals surface area contributed by atoms with E-state index in [9.17, 15) is 4.79 Å². The van der Waals surface area contributed by atoms with Gasteiger partial charge in [0, 0.05) is 22.8 Å². The quantitative estimate of drug-likeness (QED) is 0.898. The van der Waals surface area contributed by atoms with Gasteiger partial charge in [0.2, 0.25) is 0 Å². The summed E-state index contributed by atoms with van der Waals surface area (Å²) in [6.45, 7) is 0.769. The Labute approximate surface area is 117 Å². The molecule has 0 saturated heterocycles. The van der Waals surface area contributed by atoms with Crippen LogP contribution in [0.2, 0.25) is 5.02 Å². The van der Waals surface area contributed by atoms with Crippen LogP contribution >= 0.6 is 11.6 Å². The van der Waals surface area contributed by atoms with Crippen molar-refractivity contribution in [3.63, 3.8) is 0 Å². The lowest BCUT2D eigenvalue weighted by molar-refractivity contribution is 0.102. The van der Waals surface area contributed by atoms with Crippen molar-refractivity contribution in [3.05, 3.63) is 64.7 Å². The normalized spacial score (nSPS) is 10.2. The second-order valence-corrected chi connectivity index (χ2v) is 4.63. The molecule has 0 heterocycles. The van der Waals surface area contributed by atoms with Gasteiger partial charge in [0.25, 0.3) is 5.91 Å². The number of hydrogen-bond acceptors (Lipinski definition) is 2. The lowest BCUT2D eigenvalue weighted by Gasteiger charge is -2.07. The number of anilines is 1. The van der Waals surface area contributed by atoms with Crippen molar-refractivity contribution in [2.45, 2.75) is 6.54 Å². The molecule has 0 aliphatic rings. The Morgan fingerprint density at radius 3 is 2.58 bits per heavy atom. The van der Waals surface area contributed by atoms with Crippen LogP contribution in [0.4, 0.5) is 5.69 Å². The standard InChI is InChI=1S/C15H15ClN2O/c1-17-10-11-3-2-4-14(9-11)18-15(19)12-5-7-13(16)8-6-12/h2-9,17H,10H2,1H3,(H,18,19). The second kappa shape index (κ2) is 6.36. The zero-order valence-corrected chi connectivity index (χ0v) is 11.4. The van der Waals surface area contributed by atoms with Crippen LogP contribution in [0.5, 0.6) is 0 Å². The van der Waals surface area contributed by atoms with E-state index in [1.54, 1.807) is 24.3 Å². The number of carbonyl (C=O) groups excluding carboxylic acids is 1. The predicted molar refractivity (Wildman–Crippen MR) is 78.6 cm³/mol. The number of benzene rings is 2. The highest BCUT2D eigenvalue weighted by molar-refractivity contribution is 6.30. The van der Waals surface area contributed by atoms with Crippen molar-refractivity contribution < 1.29 is 4.79 Å². The summed E-state index contributed by atoms with van der Waals surface area (Å²) in [5.41, 5.74) is 2.49. The van der Waals surface area contributed by atoms with Crippen LogP contribution < -0.4 is 10.6 Å². The van der Waals surface area contributed by atoms with E-state index in [4.69, 9.17) is 11.6 Å². The molecule has 0 unspecified atom stereocenters. The molecule has 0 saturated carbocycles. The first-order valence-corrected chi connectivity index (χ1v) is 6.37. The van der Waals surface area contributed by atoms with Gasteiger partial charge in [-0.3, -0.25) is 4.79 Å². The predicted octanol–water partition coefficient (Wildman–Crippen LogP) is 3.31. The Balaban J connectivity index is 2.10. The zero-order valence-electron chi connectivity index (χ0n) is 10.6. The number of amides is 1. The molecule has 0 aromatic heterocycles. The van der Waals surface area contributed by atoms with E-state index in [1.807, 2.05) is 31.3 Å². The van der Waals surface area contributed by atoms with E-state index in [0.29, 0.717) is 10.6 Å². The van der Waals surface area contributed by atoms with E-state index >= 15 is 0 Å². The number of halogens is 1. The Morgan fingerprint density at radius 1 is 1.16 bits per heavy atom. The molecule has 0 spiro atoms. The van der Waals surface area contributed by atoms with E-state index in [1.165, 1.54) is 0 Å². The van der Waals surface area contributed by atoms with Crippen LogP contribution in [-0.4, -0.2) is 13.0 Å². The Bertz CT molecular complexity index is 567. The molecule has 0 radical (unpaired) electrons. The molecule has 0 fully saturated rings. The molecule has 4 heteroatoms. The smallest absolute Gasteiger partial charge is 0.255 e. The third kappa shape index (κ3) is 3.81. The lowest BCUT2D eigenvalue weighted by atomic mass is 10.1. The molecule has 2 N–H and O–H groups in total. The van der Waals surface area contributed by atoms with Crippen molar-refractivity contribution in [3.8, 4) is 0 Å². The van der Waals surface area contributed by atoms with E-state index in [2.05, 4.69) is 10.6 Å². The average molecular weight is 275 g/mol. The van der Waals surface area contributed by atoms with Gasteiger partial charge < -0.3 is 10.6 Å². The van der Waals surface area contributed by atoms with E-state index < -0.39 is 0 Å². The second-order valence-electron chi connectivity index (χ2n) is 4.19. The molecule has 0 aliphatic carbocycles. The SMILES string of the molecule is CNCc1cccc(NC(=O)c2ccc(Cl)cc2)c1. The minimum atomic E-state index is -0.140. The molecule has 2 aromatic rings. The van der Waals surface area contributed by atoms with Gasteiger partial charge in [-0.1, -0.05) is 23.7 Å². The molecule has 0 atom stereocenters. The van der Waals surface area contributed by atoms with Gasteiger partial charge in [0.1, 0.15) is 0 Å². The highest BCUT2D eigenvalue weighted by Crippen LogP contribution is 2.14. The molecule has 2 aromatic carbocycles. The van der Waals surface area contributed by atoms with Crippen LogP contribution in [0.25, 0.3) is 0 Å². The summed E-state index contributed by atoms with van der Waals surface area (Å²) in [7, 11) is 1.89. The van der Waals surface area contributed by atoms with E-state index in [-0.39, 0.29) is 5.91 Å². The van der Waals surface area contributed by atoms with Crippen molar-refractivity contribution >= 4 is 23.2 Å².